The van der Waals surface area contributed by atoms with Gasteiger partial charge in [0, 0.05) is 13.2 Å². The molecule has 2 N–H and O–H groups in total. The topological polar surface area (TPSA) is 56.3 Å². The van der Waals surface area contributed by atoms with Gasteiger partial charge in [0.05, 0.1) is 38.6 Å². The average Bonchev–Trinajstić information content (AvgIpc) is 3.21. The molecule has 0 saturated carbocycles. The Kier molecular flexibility index (Phi) is 5.00. The van der Waals surface area contributed by atoms with Crippen molar-refractivity contribution in [2.75, 3.05) is 27.2 Å². The highest BCUT2D eigenvalue weighted by Crippen LogP contribution is 2.21. The summed E-state index contributed by atoms with van der Waals surface area (Å²) in [4.78, 5) is 14.0. The monoisotopic (exact) mass is 338 g/mol. The van der Waals surface area contributed by atoms with Crippen LogP contribution in [0, 0.1) is 0 Å². The second-order valence-corrected chi connectivity index (χ2v) is 6.38. The van der Waals surface area contributed by atoms with Crippen LogP contribution < -0.4 is 10.2 Å². The normalized spacial score (nSPS) is 11.0. The third-order valence-electron chi connectivity index (χ3n) is 4.06. The number of aromatic nitrogens is 3. The Morgan fingerprint density at radius 1 is 1.16 bits per heavy atom. The van der Waals surface area contributed by atoms with Gasteiger partial charge < -0.3 is 14.8 Å². The number of quaternary nitrogens is 1. The summed E-state index contributed by atoms with van der Waals surface area (Å²) in [6.07, 6.45) is 1.97. The second-order valence-electron chi connectivity index (χ2n) is 6.38. The van der Waals surface area contributed by atoms with Crippen LogP contribution in [0.25, 0.3) is 17.1 Å². The van der Waals surface area contributed by atoms with Crippen molar-refractivity contribution in [3.05, 3.63) is 60.4 Å². The standard InChI is InChI=1S/C19H23N5O/c1-22(2)13-11-20-19(25)18-14-16(17-10-7-12-23(17)3)21-24(18)15-8-5-4-6-9-15/h4-10,12,14H,11,13H2,1-3H3,(H,20,25)/p+1. The van der Waals surface area contributed by atoms with E-state index >= 15 is 0 Å². The Balaban J connectivity index is 1.96. The molecule has 130 valence electrons. The maximum absolute atomic E-state index is 12.7. The first-order valence-corrected chi connectivity index (χ1v) is 8.40. The van der Waals surface area contributed by atoms with Crippen LogP contribution in [0.15, 0.2) is 54.7 Å². The van der Waals surface area contributed by atoms with E-state index in [1.54, 1.807) is 4.68 Å². The fraction of sp³-hybridized carbons (Fsp3) is 0.263. The zero-order valence-corrected chi connectivity index (χ0v) is 14.9. The molecule has 6 heteroatoms. The molecule has 0 aliphatic rings. The van der Waals surface area contributed by atoms with Crippen molar-refractivity contribution in [3.8, 4) is 17.1 Å². The van der Waals surface area contributed by atoms with Crippen LogP contribution in [0.4, 0.5) is 0 Å². The van der Waals surface area contributed by atoms with Crippen LogP contribution in [0.3, 0.4) is 0 Å². The van der Waals surface area contributed by atoms with Crippen LogP contribution in [0.5, 0.6) is 0 Å². The minimum atomic E-state index is -0.113. The number of para-hydroxylation sites is 1. The van der Waals surface area contributed by atoms with E-state index in [2.05, 4.69) is 24.5 Å². The zero-order valence-electron chi connectivity index (χ0n) is 14.9. The number of nitrogens with zero attached hydrogens (tertiary/aromatic N) is 3. The van der Waals surface area contributed by atoms with Gasteiger partial charge in [-0.2, -0.15) is 5.10 Å². The average molecular weight is 338 g/mol. The number of likely N-dealkylation sites (N-methyl/N-ethyl adjacent to an activating group) is 1. The maximum Gasteiger partial charge on any atom is 0.270 e. The third kappa shape index (κ3) is 3.80. The van der Waals surface area contributed by atoms with Gasteiger partial charge in [0.25, 0.3) is 5.91 Å². The van der Waals surface area contributed by atoms with E-state index in [9.17, 15) is 4.79 Å². The van der Waals surface area contributed by atoms with E-state index in [1.165, 1.54) is 4.90 Å². The van der Waals surface area contributed by atoms with Crippen molar-refractivity contribution in [3.63, 3.8) is 0 Å². The van der Waals surface area contributed by atoms with Crippen molar-refractivity contribution < 1.29 is 9.69 Å². The minimum absolute atomic E-state index is 0.113. The van der Waals surface area contributed by atoms with Crippen LogP contribution in [0.1, 0.15) is 10.5 Å². The number of hydrogen-bond acceptors (Lipinski definition) is 2. The first-order valence-electron chi connectivity index (χ1n) is 8.40. The fourth-order valence-electron chi connectivity index (χ4n) is 2.68. The smallest absolute Gasteiger partial charge is 0.270 e. The van der Waals surface area contributed by atoms with Crippen molar-refractivity contribution >= 4 is 5.91 Å². The molecule has 0 radical (unpaired) electrons. The van der Waals surface area contributed by atoms with E-state index in [0.717, 1.165) is 23.6 Å². The van der Waals surface area contributed by atoms with Gasteiger partial charge in [0.15, 0.2) is 0 Å². The summed E-state index contributed by atoms with van der Waals surface area (Å²) >= 11 is 0. The SMILES string of the molecule is Cn1cccc1-c1cc(C(=O)NCC[NH+](C)C)n(-c2ccccc2)n1. The lowest BCUT2D eigenvalue weighted by atomic mass is 10.2. The number of rotatable bonds is 6. The molecular weight excluding hydrogens is 314 g/mol. The molecule has 3 aromatic rings. The molecule has 0 atom stereocenters. The fourth-order valence-corrected chi connectivity index (χ4v) is 2.68. The van der Waals surface area contributed by atoms with E-state index in [0.29, 0.717) is 12.2 Å². The van der Waals surface area contributed by atoms with Crippen LogP contribution in [-0.4, -0.2) is 47.4 Å². The molecule has 3 rings (SSSR count). The predicted molar refractivity (Wildman–Crippen MR) is 98.0 cm³/mol. The van der Waals surface area contributed by atoms with Crippen molar-refractivity contribution in [1.82, 2.24) is 19.7 Å². The first-order chi connectivity index (χ1) is 12.1. The lowest BCUT2D eigenvalue weighted by Crippen LogP contribution is -3.06. The number of hydrogen-bond donors (Lipinski definition) is 2. The number of aryl methyl sites for hydroxylation is 1. The highest BCUT2D eigenvalue weighted by Gasteiger charge is 2.18. The molecule has 1 aromatic carbocycles. The van der Waals surface area contributed by atoms with Gasteiger partial charge in [-0.05, 0) is 30.3 Å². The zero-order chi connectivity index (χ0) is 17.8. The van der Waals surface area contributed by atoms with Crippen molar-refractivity contribution in [2.45, 2.75) is 0 Å². The molecule has 0 unspecified atom stereocenters. The van der Waals surface area contributed by atoms with Crippen LogP contribution >= 0.6 is 0 Å². The highest BCUT2D eigenvalue weighted by atomic mass is 16.2. The van der Waals surface area contributed by atoms with Gasteiger partial charge in [-0.15, -0.1) is 0 Å². The van der Waals surface area contributed by atoms with Crippen LogP contribution in [0.2, 0.25) is 0 Å². The Morgan fingerprint density at radius 2 is 1.92 bits per heavy atom. The Bertz CT molecular complexity index is 848. The van der Waals surface area contributed by atoms with E-state index < -0.39 is 0 Å². The summed E-state index contributed by atoms with van der Waals surface area (Å²) in [7, 11) is 6.10. The molecule has 2 heterocycles. The summed E-state index contributed by atoms with van der Waals surface area (Å²) < 4.78 is 3.70. The molecule has 0 bridgehead atoms. The summed E-state index contributed by atoms with van der Waals surface area (Å²) in [5, 5.41) is 7.66. The van der Waals surface area contributed by atoms with Gasteiger partial charge >= 0.3 is 0 Å². The molecule has 0 fully saturated rings. The number of carbonyl (C=O) groups excluding carboxylic acids is 1. The Hall–Kier alpha value is -2.86. The summed E-state index contributed by atoms with van der Waals surface area (Å²) in [5.74, 6) is -0.113. The quantitative estimate of drug-likeness (QED) is 0.697. The molecule has 6 nitrogen and oxygen atoms in total. The van der Waals surface area contributed by atoms with E-state index in [-0.39, 0.29) is 5.91 Å². The maximum atomic E-state index is 12.7. The molecule has 25 heavy (non-hydrogen) atoms. The van der Waals surface area contributed by atoms with Gasteiger partial charge in [0.2, 0.25) is 0 Å². The highest BCUT2D eigenvalue weighted by molar-refractivity contribution is 5.94. The summed E-state index contributed by atoms with van der Waals surface area (Å²) in [6, 6.07) is 15.5. The van der Waals surface area contributed by atoms with E-state index in [1.807, 2.05) is 66.3 Å². The predicted octanol–water partition coefficient (Wildman–Crippen LogP) is 0.752. The lowest BCUT2D eigenvalue weighted by molar-refractivity contribution is -0.856. The molecule has 0 aliphatic heterocycles. The number of carbonyl (C=O) groups is 1. The summed E-state index contributed by atoms with van der Waals surface area (Å²) in [6.45, 7) is 1.50. The summed E-state index contributed by atoms with van der Waals surface area (Å²) in [5.41, 5.74) is 3.16. The first kappa shape index (κ1) is 17.0. The molecule has 1 amide bonds. The molecule has 0 saturated heterocycles. The van der Waals surface area contributed by atoms with Gasteiger partial charge in [0.1, 0.15) is 11.4 Å². The van der Waals surface area contributed by atoms with Gasteiger partial charge in [-0.1, -0.05) is 18.2 Å². The Morgan fingerprint density at radius 3 is 2.56 bits per heavy atom. The van der Waals surface area contributed by atoms with Gasteiger partial charge in [-0.3, -0.25) is 4.79 Å². The van der Waals surface area contributed by atoms with Crippen molar-refractivity contribution in [2.24, 2.45) is 7.05 Å². The molecule has 0 spiro atoms. The van der Waals surface area contributed by atoms with Crippen molar-refractivity contribution in [1.29, 1.82) is 0 Å². The molecule has 0 aliphatic carbocycles. The molecule has 2 aromatic heterocycles. The number of benzene rings is 1. The molecular formula is C19H24N5O+. The Labute approximate surface area is 147 Å². The number of amides is 1. The third-order valence-corrected chi connectivity index (χ3v) is 4.06. The number of nitrogens with one attached hydrogen (secondary N) is 2. The van der Waals surface area contributed by atoms with Crippen LogP contribution in [-0.2, 0) is 7.05 Å². The largest absolute Gasteiger partial charge is 0.349 e. The van der Waals surface area contributed by atoms with Gasteiger partial charge in [-0.25, -0.2) is 4.68 Å². The lowest BCUT2D eigenvalue weighted by Gasteiger charge is -2.10. The minimum Gasteiger partial charge on any atom is -0.349 e. The second kappa shape index (κ2) is 7.36. The van der Waals surface area contributed by atoms with E-state index in [4.69, 9.17) is 0 Å².